The molecule has 3 heterocycles. The lowest BCUT2D eigenvalue weighted by molar-refractivity contribution is -0.144. The number of carbonyl (C=O) groups is 5. The van der Waals surface area contributed by atoms with Crippen molar-refractivity contribution in [2.45, 2.75) is 102 Å². The van der Waals surface area contributed by atoms with Crippen molar-refractivity contribution in [3.8, 4) is 0 Å². The number of hydrogen-bond donors (Lipinski definition) is 4. The second-order valence-corrected chi connectivity index (χ2v) is 17.5. The van der Waals surface area contributed by atoms with E-state index in [0.717, 1.165) is 12.8 Å². The lowest BCUT2D eigenvalue weighted by atomic mass is 9.85. The van der Waals surface area contributed by atoms with Gasteiger partial charge >= 0.3 is 0 Å². The normalized spacial score (nSPS) is 26.1. The second-order valence-electron chi connectivity index (χ2n) is 14.7. The molecule has 0 bridgehead atoms. The Morgan fingerprint density at radius 3 is 2.48 bits per heavy atom. The second kappa shape index (κ2) is 12.3. The van der Waals surface area contributed by atoms with Crippen molar-refractivity contribution in [2.75, 3.05) is 6.54 Å². The lowest BCUT2D eigenvalue weighted by Crippen LogP contribution is -2.60. The summed E-state index contributed by atoms with van der Waals surface area (Å²) in [7, 11) is -3.89. The SMILES string of the molecule is C=C[C@H]1C[C@]1(NC(=O)[C@@H]1C[C@@H](NC(=O)c2c(C)nc3sccn23)CN1C(=O)[C@@H](NC(=O)CC1CC1)C(C)(C)C)C(=O)NS(=O)(=O)C1CC1. The van der Waals surface area contributed by atoms with E-state index in [4.69, 9.17) is 0 Å². The molecule has 6 rings (SSSR count). The summed E-state index contributed by atoms with van der Waals surface area (Å²) in [5.74, 6) is -2.88. The number of amides is 5. The summed E-state index contributed by atoms with van der Waals surface area (Å²) in [6, 6.07) is -2.76. The van der Waals surface area contributed by atoms with Crippen molar-refractivity contribution in [1.29, 1.82) is 0 Å². The van der Waals surface area contributed by atoms with Crippen LogP contribution in [0.1, 0.15) is 81.9 Å². The van der Waals surface area contributed by atoms with Crippen molar-refractivity contribution in [3.05, 3.63) is 35.6 Å². The Labute approximate surface area is 283 Å². The third kappa shape index (κ3) is 6.73. The van der Waals surface area contributed by atoms with Crippen LogP contribution in [0.3, 0.4) is 0 Å². The zero-order valence-corrected chi connectivity index (χ0v) is 29.2. The molecule has 1 saturated heterocycles. The molecule has 4 N–H and O–H groups in total. The largest absolute Gasteiger partial charge is 0.346 e. The molecule has 3 aliphatic carbocycles. The summed E-state index contributed by atoms with van der Waals surface area (Å²) >= 11 is 1.39. The van der Waals surface area contributed by atoms with Crippen LogP contribution in [-0.2, 0) is 29.2 Å². The molecule has 2 aromatic rings. The minimum Gasteiger partial charge on any atom is -0.346 e. The summed E-state index contributed by atoms with van der Waals surface area (Å²) in [4.78, 5) is 74.7. The van der Waals surface area contributed by atoms with E-state index in [0.29, 0.717) is 41.5 Å². The zero-order valence-electron chi connectivity index (χ0n) is 27.6. The van der Waals surface area contributed by atoms with E-state index in [-0.39, 0.29) is 25.3 Å². The fraction of sp³-hybridized carbons (Fsp3) is 0.625. The fourth-order valence-electron chi connectivity index (χ4n) is 6.49. The van der Waals surface area contributed by atoms with E-state index in [9.17, 15) is 32.4 Å². The summed E-state index contributed by atoms with van der Waals surface area (Å²) in [6.07, 6.45) is 6.58. The highest BCUT2D eigenvalue weighted by Gasteiger charge is 2.62. The molecule has 5 atom stereocenters. The van der Waals surface area contributed by atoms with Gasteiger partial charge in [-0.3, -0.25) is 33.1 Å². The Bertz CT molecular complexity index is 1790. The van der Waals surface area contributed by atoms with E-state index in [1.165, 1.54) is 22.3 Å². The topological polar surface area (TPSA) is 188 Å². The molecule has 4 fully saturated rings. The number of fused-ring (bicyclic) bond motifs is 1. The molecule has 14 nitrogen and oxygen atoms in total. The molecule has 0 aromatic carbocycles. The lowest BCUT2D eigenvalue weighted by Gasteiger charge is -2.35. The van der Waals surface area contributed by atoms with E-state index in [2.05, 4.69) is 32.2 Å². The first kappa shape index (κ1) is 34.1. The number of nitrogens with zero attached hydrogens (tertiary/aromatic N) is 3. The average molecular weight is 702 g/mol. The first-order chi connectivity index (χ1) is 22.5. The van der Waals surface area contributed by atoms with Gasteiger partial charge in [0.25, 0.3) is 11.8 Å². The van der Waals surface area contributed by atoms with Crippen LogP contribution in [0, 0.1) is 24.2 Å². The molecule has 5 amide bonds. The Morgan fingerprint density at radius 1 is 1.17 bits per heavy atom. The highest BCUT2D eigenvalue weighted by atomic mass is 32.2. The molecule has 48 heavy (non-hydrogen) atoms. The smallest absolute Gasteiger partial charge is 0.270 e. The average Bonchev–Trinajstić information content (AvgIpc) is 3.94. The Hall–Kier alpha value is -3.79. The van der Waals surface area contributed by atoms with E-state index < -0.39 is 73.9 Å². The monoisotopic (exact) mass is 701 g/mol. The van der Waals surface area contributed by atoms with Gasteiger partial charge < -0.3 is 20.9 Å². The van der Waals surface area contributed by atoms with Gasteiger partial charge in [0.05, 0.1) is 10.9 Å². The molecule has 4 aliphatic rings. The van der Waals surface area contributed by atoms with Gasteiger partial charge in [-0.25, -0.2) is 13.4 Å². The van der Waals surface area contributed by atoms with Gasteiger partial charge in [-0.1, -0.05) is 26.8 Å². The van der Waals surface area contributed by atoms with Gasteiger partial charge in [0.15, 0.2) is 4.96 Å². The molecule has 0 radical (unpaired) electrons. The van der Waals surface area contributed by atoms with Crippen molar-refractivity contribution in [2.24, 2.45) is 17.3 Å². The van der Waals surface area contributed by atoms with Crippen LogP contribution in [0.5, 0.6) is 0 Å². The Balaban J connectivity index is 1.25. The van der Waals surface area contributed by atoms with Gasteiger partial charge in [-0.05, 0) is 56.8 Å². The standard InChI is InChI=1S/C32H43N7O7S2/c1-6-19-15-32(19,29(44)37-48(45,46)21-9-10-21)36-26(41)22-14-20(34-27(42)24-17(2)33-30-38(24)11-12-47-30)16-39(22)28(43)25(31(3,4)5)35-23(40)13-18-7-8-18/h6,11-12,18-22,25H,1,7-10,13-16H2,2-5H3,(H,34,42)(H,35,40)(H,36,41)(H,37,44)/t19-,20+,22-,25+,32+/m0/s1. The predicted octanol–water partition coefficient (Wildman–Crippen LogP) is 1.40. The van der Waals surface area contributed by atoms with Crippen molar-refractivity contribution < 1.29 is 32.4 Å². The minimum absolute atomic E-state index is 0.0255. The summed E-state index contributed by atoms with van der Waals surface area (Å²) < 4.78 is 29.0. The number of nitrogens with one attached hydrogen (secondary N) is 4. The van der Waals surface area contributed by atoms with E-state index >= 15 is 0 Å². The third-order valence-corrected chi connectivity index (χ3v) is 12.3. The molecular weight excluding hydrogens is 659 g/mol. The Morgan fingerprint density at radius 2 is 1.88 bits per heavy atom. The molecular formula is C32H43N7O7S2. The van der Waals surface area contributed by atoms with Crippen LogP contribution in [-0.4, -0.2) is 87.7 Å². The number of carbonyl (C=O) groups excluding carboxylic acids is 5. The first-order valence-electron chi connectivity index (χ1n) is 16.4. The molecule has 16 heteroatoms. The molecule has 0 unspecified atom stereocenters. The van der Waals surface area contributed by atoms with Gasteiger partial charge in [-0.15, -0.1) is 17.9 Å². The highest BCUT2D eigenvalue weighted by Crippen LogP contribution is 2.45. The predicted molar refractivity (Wildman–Crippen MR) is 177 cm³/mol. The molecule has 1 aliphatic heterocycles. The van der Waals surface area contributed by atoms with Crippen molar-refractivity contribution in [3.63, 3.8) is 0 Å². The van der Waals surface area contributed by atoms with Crippen molar-refractivity contribution in [1.82, 2.24) is 35.0 Å². The van der Waals surface area contributed by atoms with E-state index in [1.54, 1.807) is 17.5 Å². The number of aryl methyl sites for hydroxylation is 1. The molecule has 3 saturated carbocycles. The number of thiazole rings is 1. The fourth-order valence-corrected chi connectivity index (χ4v) is 8.62. The number of hydrogen-bond acceptors (Lipinski definition) is 9. The number of likely N-dealkylation sites (tertiary alicyclic amines) is 1. The number of aromatic nitrogens is 2. The summed E-state index contributed by atoms with van der Waals surface area (Å²) in [6.45, 7) is 10.9. The van der Waals surface area contributed by atoms with Gasteiger partial charge in [-0.2, -0.15) is 0 Å². The van der Waals surface area contributed by atoms with Gasteiger partial charge in [0, 0.05) is 36.5 Å². The highest BCUT2D eigenvalue weighted by molar-refractivity contribution is 7.91. The zero-order chi connectivity index (χ0) is 34.8. The van der Waals surface area contributed by atoms with Crippen LogP contribution in [0.15, 0.2) is 24.2 Å². The quantitative estimate of drug-likeness (QED) is 0.239. The van der Waals surface area contributed by atoms with Crippen LogP contribution in [0.2, 0.25) is 0 Å². The summed E-state index contributed by atoms with van der Waals surface area (Å²) in [5, 5.41) is 9.81. The maximum atomic E-state index is 14.3. The molecule has 2 aromatic heterocycles. The van der Waals surface area contributed by atoms with E-state index in [1.807, 2.05) is 26.2 Å². The first-order valence-corrected chi connectivity index (χ1v) is 18.8. The molecule has 260 valence electrons. The van der Waals surface area contributed by atoms with Gasteiger partial charge in [0.2, 0.25) is 27.7 Å². The minimum atomic E-state index is -3.89. The summed E-state index contributed by atoms with van der Waals surface area (Å²) in [5.41, 5.74) is -1.39. The maximum Gasteiger partial charge on any atom is 0.270 e. The molecule has 0 spiro atoms. The van der Waals surface area contributed by atoms with Crippen LogP contribution < -0.4 is 20.7 Å². The van der Waals surface area contributed by atoms with Crippen LogP contribution >= 0.6 is 11.3 Å². The number of sulfonamides is 1. The number of rotatable bonds is 12. The number of imidazole rings is 1. The third-order valence-electron chi connectivity index (χ3n) is 9.71. The van der Waals surface area contributed by atoms with Crippen molar-refractivity contribution >= 4 is 55.9 Å². The van der Waals surface area contributed by atoms with Gasteiger partial charge in [0.1, 0.15) is 23.3 Å². The van der Waals surface area contributed by atoms with Crippen LogP contribution in [0.4, 0.5) is 0 Å². The Kier molecular flexibility index (Phi) is 8.71. The maximum absolute atomic E-state index is 14.3. The van der Waals surface area contributed by atoms with Crippen LogP contribution in [0.25, 0.3) is 4.96 Å².